The summed E-state index contributed by atoms with van der Waals surface area (Å²) in [6, 6.07) is 12.2. The van der Waals surface area contributed by atoms with Gasteiger partial charge in [0, 0.05) is 24.3 Å². The number of rotatable bonds is 9. The fourth-order valence-corrected chi connectivity index (χ4v) is 4.48. The number of methoxy groups -OCH3 is 2. The number of hydrogen-bond donors (Lipinski definition) is 0. The summed E-state index contributed by atoms with van der Waals surface area (Å²) in [7, 11) is 3.32. The Hall–Kier alpha value is -3.61. The van der Waals surface area contributed by atoms with Crippen LogP contribution in [0.4, 0.5) is 17.2 Å². The number of aryl methyl sites for hydroxylation is 2. The van der Waals surface area contributed by atoms with E-state index in [1.807, 2.05) is 36.7 Å². The van der Waals surface area contributed by atoms with Crippen molar-refractivity contribution in [2.45, 2.75) is 47.5 Å². The van der Waals surface area contributed by atoms with E-state index in [0.29, 0.717) is 0 Å². The lowest BCUT2D eigenvalue weighted by Gasteiger charge is -2.23. The van der Waals surface area contributed by atoms with E-state index < -0.39 is 0 Å². The van der Waals surface area contributed by atoms with E-state index >= 15 is 0 Å². The molecule has 0 saturated heterocycles. The molecule has 0 bridgehead atoms. The van der Waals surface area contributed by atoms with Crippen LogP contribution in [0, 0.1) is 13.8 Å². The first-order chi connectivity index (χ1) is 16.9. The number of aliphatic imine (C=N–C) groups is 2. The molecule has 184 valence electrons. The van der Waals surface area contributed by atoms with Crippen LogP contribution < -0.4 is 14.4 Å². The monoisotopic (exact) mass is 473 g/mol. The van der Waals surface area contributed by atoms with Crippen molar-refractivity contribution in [1.29, 1.82) is 0 Å². The quantitative estimate of drug-likeness (QED) is 0.356. The molecule has 0 atom stereocenters. The van der Waals surface area contributed by atoms with E-state index in [-0.39, 0.29) is 0 Å². The highest BCUT2D eigenvalue weighted by atomic mass is 16.5. The van der Waals surface area contributed by atoms with Crippen molar-refractivity contribution >= 4 is 28.7 Å². The van der Waals surface area contributed by atoms with Gasteiger partial charge >= 0.3 is 0 Å². The Bertz CT molecular complexity index is 1290. The molecule has 4 rings (SSSR count). The molecule has 1 aromatic heterocycles. The van der Waals surface area contributed by atoms with Gasteiger partial charge in [0.2, 0.25) is 0 Å². The second-order valence-electron chi connectivity index (χ2n) is 8.80. The van der Waals surface area contributed by atoms with Crippen LogP contribution in [0.15, 0.2) is 46.4 Å². The zero-order valence-electron chi connectivity index (χ0n) is 21.8. The third-order valence-corrected chi connectivity index (χ3v) is 6.45. The van der Waals surface area contributed by atoms with Gasteiger partial charge in [0.05, 0.1) is 36.9 Å². The van der Waals surface area contributed by atoms with E-state index in [2.05, 4.69) is 43.9 Å². The number of anilines is 1. The zero-order chi connectivity index (χ0) is 25.1. The molecule has 0 N–H and O–H groups in total. The molecule has 0 fully saturated rings. The van der Waals surface area contributed by atoms with Crippen LogP contribution in [0.1, 0.15) is 44.9 Å². The third kappa shape index (κ3) is 4.67. The lowest BCUT2D eigenvalue weighted by atomic mass is 10.0. The first-order valence-corrected chi connectivity index (χ1v) is 12.2. The Labute approximate surface area is 208 Å². The van der Waals surface area contributed by atoms with Crippen LogP contribution in [-0.4, -0.2) is 48.6 Å². The fraction of sp³-hybridized carbons (Fsp3) is 0.393. The number of aromatic nitrogens is 2. The lowest BCUT2D eigenvalue weighted by molar-refractivity contribution is 0.404. The van der Waals surface area contributed by atoms with E-state index in [0.717, 1.165) is 70.0 Å². The maximum Gasteiger partial charge on any atom is 0.177 e. The van der Waals surface area contributed by atoms with Gasteiger partial charge in [0.25, 0.3) is 0 Å². The molecule has 35 heavy (non-hydrogen) atoms. The van der Waals surface area contributed by atoms with E-state index in [1.165, 1.54) is 18.5 Å². The lowest BCUT2D eigenvalue weighted by Crippen LogP contribution is -2.23. The highest BCUT2D eigenvalue weighted by Gasteiger charge is 2.28. The van der Waals surface area contributed by atoms with Gasteiger partial charge < -0.3 is 14.4 Å². The molecule has 0 saturated carbocycles. The number of ether oxygens (including phenoxy) is 2. The summed E-state index contributed by atoms with van der Waals surface area (Å²) in [5.74, 6) is 3.00. The summed E-state index contributed by atoms with van der Waals surface area (Å²) in [4.78, 5) is 12.3. The molecule has 0 radical (unpaired) electrons. The molecule has 7 nitrogen and oxygen atoms in total. The molecule has 0 unspecified atom stereocenters. The summed E-state index contributed by atoms with van der Waals surface area (Å²) < 4.78 is 12.9. The van der Waals surface area contributed by atoms with Gasteiger partial charge in [-0.05, 0) is 76.1 Å². The van der Waals surface area contributed by atoms with Gasteiger partial charge in [0.15, 0.2) is 11.7 Å². The third-order valence-electron chi connectivity index (χ3n) is 6.45. The van der Waals surface area contributed by atoms with Crippen molar-refractivity contribution in [3.63, 3.8) is 0 Å². The standard InChI is InChI=1S/C28H35N5O2/c1-8-10-15-32(9-2)21-11-13-24(18(3)16-21)30-27-20(5)29-28-26(19(4)31-33(27)28)23-17-22(34-6)12-14-25(23)35-7/h11-14,16-17H,8-10,15H2,1-7H3. The van der Waals surface area contributed by atoms with Crippen LogP contribution in [0.5, 0.6) is 11.5 Å². The van der Waals surface area contributed by atoms with Gasteiger partial charge in [0.1, 0.15) is 11.5 Å². The maximum absolute atomic E-state index is 5.64. The molecule has 0 amide bonds. The second kappa shape index (κ2) is 10.3. The molecule has 2 aromatic carbocycles. The number of benzene rings is 2. The Morgan fingerprint density at radius 2 is 1.80 bits per heavy atom. The Morgan fingerprint density at radius 1 is 1.00 bits per heavy atom. The summed E-state index contributed by atoms with van der Waals surface area (Å²) in [6.45, 7) is 12.6. The van der Waals surface area contributed by atoms with Crippen molar-refractivity contribution in [1.82, 2.24) is 9.78 Å². The van der Waals surface area contributed by atoms with Crippen LogP contribution in [-0.2, 0) is 0 Å². The van der Waals surface area contributed by atoms with Gasteiger partial charge in [-0.25, -0.2) is 9.98 Å². The van der Waals surface area contributed by atoms with Crippen molar-refractivity contribution in [2.75, 3.05) is 32.2 Å². The van der Waals surface area contributed by atoms with Crippen LogP contribution in [0.3, 0.4) is 0 Å². The second-order valence-corrected chi connectivity index (χ2v) is 8.80. The largest absolute Gasteiger partial charge is 0.497 e. The molecule has 2 heterocycles. The molecule has 1 aliphatic heterocycles. The Kier molecular flexibility index (Phi) is 7.24. The van der Waals surface area contributed by atoms with E-state index in [9.17, 15) is 0 Å². The van der Waals surface area contributed by atoms with E-state index in [1.54, 1.807) is 14.2 Å². The normalized spacial score (nSPS) is 13.7. The average Bonchev–Trinajstić information content (AvgIpc) is 3.33. The van der Waals surface area contributed by atoms with Gasteiger partial charge in [-0.3, -0.25) is 0 Å². The van der Waals surface area contributed by atoms with Crippen molar-refractivity contribution in [3.05, 3.63) is 47.7 Å². The van der Waals surface area contributed by atoms with Crippen molar-refractivity contribution in [2.24, 2.45) is 9.98 Å². The molecule has 7 heteroatoms. The maximum atomic E-state index is 5.64. The smallest absolute Gasteiger partial charge is 0.177 e. The minimum Gasteiger partial charge on any atom is -0.497 e. The predicted molar refractivity (Wildman–Crippen MR) is 145 cm³/mol. The Balaban J connectivity index is 1.74. The molecule has 0 spiro atoms. The van der Waals surface area contributed by atoms with Gasteiger partial charge in [-0.1, -0.05) is 13.3 Å². The van der Waals surface area contributed by atoms with Crippen LogP contribution in [0.2, 0.25) is 0 Å². The average molecular weight is 474 g/mol. The van der Waals surface area contributed by atoms with Crippen LogP contribution in [0.25, 0.3) is 11.1 Å². The summed E-state index contributed by atoms with van der Waals surface area (Å²) in [5, 5.41) is 4.82. The summed E-state index contributed by atoms with van der Waals surface area (Å²) >= 11 is 0. The molecular weight excluding hydrogens is 438 g/mol. The van der Waals surface area contributed by atoms with Crippen LogP contribution >= 0.6 is 0 Å². The predicted octanol–water partition coefficient (Wildman–Crippen LogP) is 6.49. The molecular formula is C28H35N5O2. The number of nitrogens with zero attached hydrogens (tertiary/aromatic N) is 5. The van der Waals surface area contributed by atoms with Crippen molar-refractivity contribution < 1.29 is 9.47 Å². The molecule has 0 aliphatic carbocycles. The minimum atomic E-state index is 0.741. The zero-order valence-corrected chi connectivity index (χ0v) is 21.8. The summed E-state index contributed by atoms with van der Waals surface area (Å²) in [6.07, 6.45) is 2.38. The Morgan fingerprint density at radius 3 is 2.46 bits per heavy atom. The molecule has 3 aromatic rings. The minimum absolute atomic E-state index is 0.741. The van der Waals surface area contributed by atoms with E-state index in [4.69, 9.17) is 24.6 Å². The SMILES string of the molecule is CCCCN(CC)c1ccc(N=C2C(C)=Nc3c(-c4cc(OC)ccc4OC)c(C)nn32)c(C)c1. The fourth-order valence-electron chi connectivity index (χ4n) is 4.48. The first kappa shape index (κ1) is 24.5. The number of hydrogen-bond acceptors (Lipinski definition) is 6. The van der Waals surface area contributed by atoms with Gasteiger partial charge in [-0.15, -0.1) is 0 Å². The first-order valence-electron chi connectivity index (χ1n) is 12.2. The molecule has 1 aliphatic rings. The van der Waals surface area contributed by atoms with Gasteiger partial charge in [-0.2, -0.15) is 9.78 Å². The highest BCUT2D eigenvalue weighted by molar-refractivity contribution is 6.44. The van der Waals surface area contributed by atoms with Crippen molar-refractivity contribution in [3.8, 4) is 22.6 Å². The topological polar surface area (TPSA) is 64.2 Å². The number of fused-ring (bicyclic) bond motifs is 1. The highest BCUT2D eigenvalue weighted by Crippen LogP contribution is 2.42. The number of unbranched alkanes of at least 4 members (excludes halogenated alkanes) is 1. The summed E-state index contributed by atoms with van der Waals surface area (Å²) in [5.41, 5.74) is 6.80.